The number of rotatable bonds is 6. The SMILES string of the molecule is Cc1cc2c(-c3ccc(-c4ccc5c(c4)C4(C)C=CC=CC4N5c4ccccc4)cc3)c3ccccc3c(-c3ccc(-c4ccc5c(c4)c4ccccc4n5-c4ccccc4)cc3)c2cc1C. The molecule has 0 N–H and O–H groups in total. The summed E-state index contributed by atoms with van der Waals surface area (Å²) in [6.45, 7) is 6.87. The summed E-state index contributed by atoms with van der Waals surface area (Å²) >= 11 is 0. The summed E-state index contributed by atoms with van der Waals surface area (Å²) in [7, 11) is 0. The van der Waals surface area contributed by atoms with Crippen LogP contribution < -0.4 is 4.90 Å². The average Bonchev–Trinajstić information content (AvgIpc) is 3.85. The lowest BCUT2D eigenvalue weighted by Gasteiger charge is -2.34. The standard InChI is InChI=1S/C65H48N2/c1-42-38-56-57(39-43(42)2)64(47-31-27-45(28-32-47)49-34-36-61-58(41-49)65(3)37-15-14-24-62(65)67(61)51-18-8-5-9-19-51)54-22-11-10-21-53(54)63(56)46-29-25-44(26-30-46)48-33-35-60-55(40-48)52-20-12-13-23-59(52)66(60)50-16-6-4-7-17-50/h4-41,62H,1-3H3. The predicted molar refractivity (Wildman–Crippen MR) is 285 cm³/mol. The van der Waals surface area contributed by atoms with E-state index in [4.69, 9.17) is 0 Å². The molecule has 13 rings (SSSR count). The molecule has 0 spiro atoms. The summed E-state index contributed by atoms with van der Waals surface area (Å²) in [6.07, 6.45) is 9.15. The molecule has 0 amide bonds. The van der Waals surface area contributed by atoms with Crippen molar-refractivity contribution in [2.24, 2.45) is 0 Å². The van der Waals surface area contributed by atoms with Crippen molar-refractivity contribution in [3.05, 3.63) is 247 Å². The van der Waals surface area contributed by atoms with Crippen LogP contribution in [-0.4, -0.2) is 10.6 Å². The van der Waals surface area contributed by atoms with Gasteiger partial charge in [0.2, 0.25) is 0 Å². The van der Waals surface area contributed by atoms with Gasteiger partial charge in [-0.05, 0) is 158 Å². The first-order valence-corrected chi connectivity index (χ1v) is 23.5. The number of para-hydroxylation sites is 3. The Balaban J connectivity index is 0.894. The molecule has 318 valence electrons. The summed E-state index contributed by atoms with van der Waals surface area (Å²) in [5.74, 6) is 0. The molecular weight excluding hydrogens is 809 g/mol. The zero-order valence-electron chi connectivity index (χ0n) is 37.9. The second-order valence-electron chi connectivity index (χ2n) is 18.8. The highest BCUT2D eigenvalue weighted by atomic mass is 15.2. The smallest absolute Gasteiger partial charge is 0.0655 e. The second-order valence-corrected chi connectivity index (χ2v) is 18.8. The van der Waals surface area contributed by atoms with E-state index < -0.39 is 0 Å². The molecule has 0 fully saturated rings. The van der Waals surface area contributed by atoms with E-state index in [1.165, 1.54) is 122 Å². The number of anilines is 2. The maximum Gasteiger partial charge on any atom is 0.0655 e. The first-order valence-electron chi connectivity index (χ1n) is 23.5. The van der Waals surface area contributed by atoms with Crippen molar-refractivity contribution in [3.63, 3.8) is 0 Å². The minimum atomic E-state index is -0.133. The van der Waals surface area contributed by atoms with E-state index >= 15 is 0 Å². The van der Waals surface area contributed by atoms with Gasteiger partial charge < -0.3 is 9.47 Å². The van der Waals surface area contributed by atoms with E-state index in [9.17, 15) is 0 Å². The van der Waals surface area contributed by atoms with Gasteiger partial charge in [0.25, 0.3) is 0 Å². The molecule has 11 aromatic rings. The van der Waals surface area contributed by atoms with Gasteiger partial charge >= 0.3 is 0 Å². The molecule has 2 aliphatic rings. The van der Waals surface area contributed by atoms with Crippen molar-refractivity contribution >= 4 is 54.7 Å². The van der Waals surface area contributed by atoms with Gasteiger partial charge in [0.15, 0.2) is 0 Å². The van der Waals surface area contributed by atoms with Crippen LogP contribution in [0.2, 0.25) is 0 Å². The minimum Gasteiger partial charge on any atom is -0.333 e. The van der Waals surface area contributed by atoms with E-state index in [1.54, 1.807) is 0 Å². The van der Waals surface area contributed by atoms with Gasteiger partial charge in [-0.15, -0.1) is 0 Å². The molecule has 2 unspecified atom stereocenters. The van der Waals surface area contributed by atoms with Crippen molar-refractivity contribution in [3.8, 4) is 50.2 Å². The van der Waals surface area contributed by atoms with E-state index in [0.717, 1.165) is 0 Å². The van der Waals surface area contributed by atoms with E-state index in [1.807, 2.05) is 0 Å². The van der Waals surface area contributed by atoms with Crippen molar-refractivity contribution in [2.75, 3.05) is 4.90 Å². The molecule has 0 radical (unpaired) electrons. The number of hydrogen-bond acceptors (Lipinski definition) is 1. The third-order valence-corrected chi connectivity index (χ3v) is 14.9. The summed E-state index contributed by atoms with van der Waals surface area (Å²) in [6, 6.07) is 76.9. The number of aryl methyl sites for hydroxylation is 2. The molecule has 1 aliphatic carbocycles. The van der Waals surface area contributed by atoms with Gasteiger partial charge in [-0.1, -0.05) is 176 Å². The fraction of sp³-hybridized carbons (Fsp3) is 0.0769. The maximum atomic E-state index is 2.51. The predicted octanol–water partition coefficient (Wildman–Crippen LogP) is 17.3. The Labute approximate surface area is 392 Å². The third-order valence-electron chi connectivity index (χ3n) is 14.9. The van der Waals surface area contributed by atoms with Crippen LogP contribution in [-0.2, 0) is 5.41 Å². The van der Waals surface area contributed by atoms with Gasteiger partial charge in [0.1, 0.15) is 0 Å². The lowest BCUT2D eigenvalue weighted by atomic mass is 9.75. The average molecular weight is 857 g/mol. The van der Waals surface area contributed by atoms with Crippen LogP contribution in [0.25, 0.3) is 93.5 Å². The minimum absolute atomic E-state index is 0.133. The Bertz CT molecular complexity index is 3820. The van der Waals surface area contributed by atoms with Crippen LogP contribution in [0.4, 0.5) is 11.4 Å². The molecule has 0 saturated carbocycles. The Morgan fingerprint density at radius 2 is 0.881 bits per heavy atom. The number of hydrogen-bond donors (Lipinski definition) is 0. The fourth-order valence-electron chi connectivity index (χ4n) is 11.4. The quantitative estimate of drug-likeness (QED) is 0.151. The van der Waals surface area contributed by atoms with Gasteiger partial charge in [-0.25, -0.2) is 0 Å². The molecule has 10 aromatic carbocycles. The number of allylic oxidation sites excluding steroid dienone is 2. The Kier molecular flexibility index (Phi) is 8.88. The summed E-state index contributed by atoms with van der Waals surface area (Å²) < 4.78 is 2.38. The molecule has 0 bridgehead atoms. The van der Waals surface area contributed by atoms with Crippen molar-refractivity contribution < 1.29 is 0 Å². The molecule has 2 heteroatoms. The Morgan fingerprint density at radius 1 is 0.388 bits per heavy atom. The molecule has 2 nitrogen and oxygen atoms in total. The zero-order valence-corrected chi connectivity index (χ0v) is 37.9. The van der Waals surface area contributed by atoms with Gasteiger partial charge in [-0.2, -0.15) is 0 Å². The first kappa shape index (κ1) is 39.2. The molecule has 2 heterocycles. The normalized spacial score (nSPS) is 16.3. The third kappa shape index (κ3) is 6.10. The van der Waals surface area contributed by atoms with Crippen LogP contribution >= 0.6 is 0 Å². The van der Waals surface area contributed by atoms with Crippen molar-refractivity contribution in [1.29, 1.82) is 0 Å². The largest absolute Gasteiger partial charge is 0.333 e. The highest BCUT2D eigenvalue weighted by Crippen LogP contribution is 2.52. The topological polar surface area (TPSA) is 8.17 Å². The van der Waals surface area contributed by atoms with Crippen LogP contribution in [0.15, 0.2) is 231 Å². The van der Waals surface area contributed by atoms with Crippen LogP contribution in [0.1, 0.15) is 23.6 Å². The molecule has 0 saturated heterocycles. The van der Waals surface area contributed by atoms with Crippen LogP contribution in [0.5, 0.6) is 0 Å². The van der Waals surface area contributed by atoms with Gasteiger partial charge in [0.05, 0.1) is 17.1 Å². The van der Waals surface area contributed by atoms with Crippen molar-refractivity contribution in [1.82, 2.24) is 4.57 Å². The summed E-state index contributed by atoms with van der Waals surface area (Å²) in [4.78, 5) is 2.51. The first-order chi connectivity index (χ1) is 32.9. The Morgan fingerprint density at radius 3 is 1.51 bits per heavy atom. The summed E-state index contributed by atoms with van der Waals surface area (Å²) in [5.41, 5.74) is 19.8. The van der Waals surface area contributed by atoms with Crippen LogP contribution in [0.3, 0.4) is 0 Å². The summed E-state index contributed by atoms with van der Waals surface area (Å²) in [5, 5.41) is 7.61. The van der Waals surface area contributed by atoms with Gasteiger partial charge in [-0.3, -0.25) is 0 Å². The number of fused-ring (bicyclic) bond motifs is 8. The number of nitrogens with zero attached hydrogens (tertiary/aromatic N) is 2. The van der Waals surface area contributed by atoms with Gasteiger partial charge in [0, 0.05) is 33.2 Å². The van der Waals surface area contributed by atoms with E-state index in [-0.39, 0.29) is 11.5 Å². The number of benzene rings is 10. The fourth-order valence-corrected chi connectivity index (χ4v) is 11.4. The lowest BCUT2D eigenvalue weighted by molar-refractivity contribution is 0.551. The zero-order chi connectivity index (χ0) is 44.8. The van der Waals surface area contributed by atoms with Crippen LogP contribution in [0, 0.1) is 13.8 Å². The van der Waals surface area contributed by atoms with E-state index in [0.29, 0.717) is 0 Å². The molecule has 67 heavy (non-hydrogen) atoms. The molecule has 1 aromatic heterocycles. The maximum absolute atomic E-state index is 2.51. The highest BCUT2D eigenvalue weighted by Gasteiger charge is 2.46. The lowest BCUT2D eigenvalue weighted by Crippen LogP contribution is -2.39. The molecular formula is C65H48N2. The van der Waals surface area contributed by atoms with Crippen molar-refractivity contribution in [2.45, 2.75) is 32.2 Å². The van der Waals surface area contributed by atoms with E-state index in [2.05, 4.69) is 261 Å². The Hall–Kier alpha value is -8.20. The molecule has 1 aliphatic heterocycles. The number of aromatic nitrogens is 1. The monoisotopic (exact) mass is 856 g/mol. The highest BCUT2D eigenvalue weighted by molar-refractivity contribution is 6.22. The second kappa shape index (κ2) is 15.2. The molecule has 2 atom stereocenters.